The van der Waals surface area contributed by atoms with Crippen molar-refractivity contribution < 1.29 is 26.5 Å². The van der Waals surface area contributed by atoms with Gasteiger partial charge in [0.25, 0.3) is 0 Å². The van der Waals surface area contributed by atoms with Crippen molar-refractivity contribution in [3.8, 4) is 33.4 Å². The van der Waals surface area contributed by atoms with E-state index in [1.807, 2.05) is 0 Å². The zero-order valence-corrected chi connectivity index (χ0v) is 62.9. The number of hydrogen-bond acceptors (Lipinski definition) is 8. The Labute approximate surface area is 632 Å². The molecule has 10 nitrogen and oxygen atoms in total. The van der Waals surface area contributed by atoms with E-state index in [1.165, 1.54) is 38.9 Å². The summed E-state index contributed by atoms with van der Waals surface area (Å²) in [4.78, 5) is 5.09. The summed E-state index contributed by atoms with van der Waals surface area (Å²) in [5.74, 6) is 0. The molecule has 2 aliphatic carbocycles. The number of nitrogens with zero attached hydrogens (tertiary/aromatic N) is 4. The zero-order valence-electron chi connectivity index (χ0n) is 62.9. The van der Waals surface area contributed by atoms with Crippen molar-refractivity contribution in [2.75, 3.05) is 9.80 Å². The van der Waals surface area contributed by atoms with Gasteiger partial charge < -0.3 is 45.3 Å². The van der Waals surface area contributed by atoms with Gasteiger partial charge in [-0.15, -0.1) is 0 Å². The largest absolute Gasteiger partial charge is 0.466 e. The van der Waals surface area contributed by atoms with Gasteiger partial charge in [-0.1, -0.05) is 171 Å². The van der Waals surface area contributed by atoms with E-state index in [1.54, 1.807) is 0 Å². The molecule has 0 saturated carbocycles. The van der Waals surface area contributed by atoms with E-state index >= 15 is 0 Å². The third kappa shape index (κ3) is 7.27. The van der Waals surface area contributed by atoms with Crippen LogP contribution in [0, 0.1) is 13.8 Å². The summed E-state index contributed by atoms with van der Waals surface area (Å²) in [6.07, 6.45) is 4.45. The van der Waals surface area contributed by atoms with E-state index in [0.717, 1.165) is 242 Å². The zero-order chi connectivity index (χ0) is 73.1. The molecule has 0 atom stereocenters. The van der Waals surface area contributed by atoms with Gasteiger partial charge in [0.15, 0.2) is 22.5 Å². The molecular formula is C98H72B2N4O6. The smallest absolute Gasteiger partial charge is 0.378 e. The topological polar surface area (TPSA) is 95.2 Å². The van der Waals surface area contributed by atoms with Crippen LogP contribution < -0.4 is 32.0 Å². The molecule has 0 unspecified atom stereocenters. The van der Waals surface area contributed by atoms with Gasteiger partial charge in [0.05, 0.1) is 33.7 Å². The highest BCUT2D eigenvalue weighted by molar-refractivity contribution is 6.91. The first-order chi connectivity index (χ1) is 53.4. The molecule has 26 rings (SSSR count). The lowest BCUT2D eigenvalue weighted by molar-refractivity contribution is 0.332. The minimum Gasteiger partial charge on any atom is -0.466 e. The Morgan fingerprint density at radius 3 is 1.31 bits per heavy atom. The molecule has 8 aromatic heterocycles. The number of aromatic nitrogens is 2. The van der Waals surface area contributed by atoms with Crippen LogP contribution in [0.1, 0.15) is 114 Å². The Morgan fingerprint density at radius 1 is 0.300 bits per heavy atom. The molecule has 0 bridgehead atoms. The lowest BCUT2D eigenvalue weighted by atomic mass is 9.47. The van der Waals surface area contributed by atoms with Crippen molar-refractivity contribution in [3.63, 3.8) is 0 Å². The van der Waals surface area contributed by atoms with E-state index in [0.29, 0.717) is 0 Å². The number of para-hydroxylation sites is 6. The summed E-state index contributed by atoms with van der Waals surface area (Å²) in [5.41, 5.74) is 36.8. The second-order valence-electron chi connectivity index (χ2n) is 35.5. The minimum absolute atomic E-state index is 0.00993. The average Bonchev–Trinajstić information content (AvgIpc) is 1.47. The van der Waals surface area contributed by atoms with Gasteiger partial charge in [-0.3, -0.25) is 0 Å². The second kappa shape index (κ2) is 19.8. The van der Waals surface area contributed by atoms with Gasteiger partial charge >= 0.3 is 13.7 Å². The van der Waals surface area contributed by atoms with Crippen LogP contribution in [0.3, 0.4) is 0 Å². The molecule has 0 N–H and O–H groups in total. The summed E-state index contributed by atoms with van der Waals surface area (Å²) in [5, 5.41) is 11.8. The molecule has 0 spiro atoms. The van der Waals surface area contributed by atoms with Crippen molar-refractivity contribution in [2.45, 2.75) is 117 Å². The van der Waals surface area contributed by atoms with Crippen molar-refractivity contribution >= 4 is 202 Å². The standard InChI is InChI=1S/C98H72B2N4O6/c1-49-41-67-69(97(7,8)39-37-95(67,3)4)47-71(49)101-85-57-23-13-17-31-75(57)108-92(85)99-80-63(45-65-53-21-11-15-29-73(53)105-90(65)87(80)101)55-26-20-28-61-83(55)103(99)84-59-35-33-52(44-78(59)107-89(61)84)51-34-36-77-62(43-51)66-46-64-54-25-19-27-60-79-56-22-12-16-30-74(56)110-94(79)104(82(54)60)100-81(64)88(91(66)106-77)102(86-58-24-14-18-32-76(58)109-93(86)100)72-48-70-68(42-50(72)2)96(5,6)38-40-98(70,9)10/h11-36,41-48H,37-40H2,1-10H3. The van der Waals surface area contributed by atoms with Crippen LogP contribution in [0.25, 0.3) is 165 Å². The number of furan rings is 6. The summed E-state index contributed by atoms with van der Waals surface area (Å²) in [6, 6.07) is 76.4. The first-order valence-corrected chi connectivity index (χ1v) is 39.3. The van der Waals surface area contributed by atoms with Gasteiger partial charge in [-0.25, -0.2) is 0 Å². The fourth-order valence-corrected chi connectivity index (χ4v) is 22.0. The fraction of sp³-hybridized carbons (Fsp3) is 0.184. The Morgan fingerprint density at radius 2 is 0.736 bits per heavy atom. The lowest BCUT2D eigenvalue weighted by Crippen LogP contribution is -2.56. The van der Waals surface area contributed by atoms with E-state index in [4.69, 9.17) is 26.5 Å². The van der Waals surface area contributed by atoms with Crippen molar-refractivity contribution in [1.29, 1.82) is 0 Å². The average molecular weight is 1420 g/mol. The SMILES string of the molecule is Cc1cc2c(cc1N1c3c(oc4ccccc34)B3c4c(cc5c(oc6ccc(-c7ccc8c(c7)oc7c9cccc%10c9n(c87)B7c8oc9ccccc9c8N(c8cc9c(cc8C)C(C)(C)CCC9(C)C)c8c7c-%10cc7c8oc8ccccc87)cc65)c41)-c1cccc4c5c6ccccc6oc5n3c14)C(C)(C)CCC2(C)C. The van der Waals surface area contributed by atoms with Crippen LogP contribution in [-0.2, 0) is 21.7 Å². The maximum Gasteiger partial charge on any atom is 0.378 e. The second-order valence-corrected chi connectivity index (χ2v) is 35.5. The number of aryl methyl sites for hydroxylation is 2. The van der Waals surface area contributed by atoms with Crippen molar-refractivity contribution in [1.82, 2.24) is 8.96 Å². The monoisotopic (exact) mass is 1420 g/mol. The Balaban J connectivity index is 0.704. The Hall–Kier alpha value is -12.3. The number of hydrogen-bond donors (Lipinski definition) is 0. The Kier molecular flexibility index (Phi) is 10.9. The highest BCUT2D eigenvalue weighted by atomic mass is 16.4. The Bertz CT molecular complexity index is 7750. The van der Waals surface area contributed by atoms with Crippen LogP contribution in [0.5, 0.6) is 0 Å². The molecule has 4 aliphatic heterocycles. The van der Waals surface area contributed by atoms with Crippen molar-refractivity contribution in [2.24, 2.45) is 0 Å². The number of rotatable bonds is 3. The van der Waals surface area contributed by atoms with Gasteiger partial charge in [-0.2, -0.15) is 0 Å². The van der Waals surface area contributed by atoms with Crippen LogP contribution >= 0.6 is 0 Å². The van der Waals surface area contributed by atoms with E-state index in [2.05, 4.69) is 294 Å². The molecular weight excluding hydrogens is 1350 g/mol. The highest BCUT2D eigenvalue weighted by Crippen LogP contribution is 2.59. The molecule has 0 saturated heterocycles. The van der Waals surface area contributed by atoms with Crippen LogP contribution in [0.4, 0.5) is 34.1 Å². The maximum atomic E-state index is 7.63. The summed E-state index contributed by atoms with van der Waals surface area (Å²) in [7, 11) is 0. The molecule has 0 radical (unpaired) electrons. The first-order valence-electron chi connectivity index (χ1n) is 39.3. The van der Waals surface area contributed by atoms with E-state index in [-0.39, 0.29) is 21.7 Å². The number of fused-ring (bicyclic) bond motifs is 32. The van der Waals surface area contributed by atoms with E-state index in [9.17, 15) is 0 Å². The molecule has 110 heavy (non-hydrogen) atoms. The van der Waals surface area contributed by atoms with Crippen LogP contribution in [0.2, 0.25) is 0 Å². The number of anilines is 6. The summed E-state index contributed by atoms with van der Waals surface area (Å²) < 4.78 is 49.6. The highest BCUT2D eigenvalue weighted by Gasteiger charge is 2.53. The van der Waals surface area contributed by atoms with Gasteiger partial charge in [0.1, 0.15) is 44.8 Å². The molecule has 526 valence electrons. The molecule has 12 aromatic carbocycles. The first kappa shape index (κ1) is 60.7. The van der Waals surface area contributed by atoms with Gasteiger partial charge in [0, 0.05) is 87.4 Å². The quantitative estimate of drug-likeness (QED) is 0.162. The normalized spacial score (nSPS) is 16.7. The van der Waals surface area contributed by atoms with Gasteiger partial charge in [-0.05, 0) is 219 Å². The van der Waals surface area contributed by atoms with Gasteiger partial charge in [0.2, 0.25) is 0 Å². The maximum absolute atomic E-state index is 7.63. The van der Waals surface area contributed by atoms with Crippen LogP contribution in [-0.4, -0.2) is 22.7 Å². The van der Waals surface area contributed by atoms with Crippen LogP contribution in [0.15, 0.2) is 233 Å². The van der Waals surface area contributed by atoms with Crippen molar-refractivity contribution in [3.05, 3.63) is 240 Å². The molecule has 6 aliphatic rings. The van der Waals surface area contributed by atoms with E-state index < -0.39 is 13.7 Å². The molecule has 20 aromatic rings. The lowest BCUT2D eigenvalue weighted by Gasteiger charge is -2.44. The minimum atomic E-state index is -0.414. The molecule has 12 heteroatoms. The predicted octanol–water partition coefficient (Wildman–Crippen LogP) is 24.5. The fourth-order valence-electron chi connectivity index (χ4n) is 22.0. The summed E-state index contributed by atoms with van der Waals surface area (Å²) >= 11 is 0. The third-order valence-corrected chi connectivity index (χ3v) is 27.6. The molecule has 0 amide bonds. The molecule has 0 fully saturated rings. The summed E-state index contributed by atoms with van der Waals surface area (Å²) in [6.45, 7) is 23.2. The third-order valence-electron chi connectivity index (χ3n) is 27.6. The predicted molar refractivity (Wildman–Crippen MR) is 453 cm³/mol. The number of benzene rings is 12. The molecule has 12 heterocycles.